The van der Waals surface area contributed by atoms with E-state index in [0.717, 1.165) is 42.1 Å². The molecule has 0 aliphatic carbocycles. The number of aromatic nitrogens is 1. The molecule has 7 nitrogen and oxygen atoms in total. The number of thiazole rings is 1. The normalized spacial score (nSPS) is 16.4. The van der Waals surface area contributed by atoms with Gasteiger partial charge in [-0.15, -0.1) is 36.2 Å². The SMILES string of the molecule is Cl.Cl.NCc1nc(C(=O)NCc2cccc(CN3CCCC(C(N)=O)C3)c2)cs1. The van der Waals surface area contributed by atoms with Crippen molar-refractivity contribution in [3.8, 4) is 0 Å². The van der Waals surface area contributed by atoms with Gasteiger partial charge in [-0.25, -0.2) is 4.98 Å². The van der Waals surface area contributed by atoms with Crippen molar-refractivity contribution in [3.05, 3.63) is 51.5 Å². The number of nitrogens with one attached hydrogen (secondary N) is 1. The quantitative estimate of drug-likeness (QED) is 0.585. The number of hydrogen-bond donors (Lipinski definition) is 3. The van der Waals surface area contributed by atoms with Crippen LogP contribution in [0.3, 0.4) is 0 Å². The number of carbonyl (C=O) groups is 2. The second kappa shape index (κ2) is 12.1. The molecule has 3 rings (SSSR count). The maximum absolute atomic E-state index is 12.2. The van der Waals surface area contributed by atoms with Crippen LogP contribution in [0, 0.1) is 5.92 Å². The second-order valence-corrected chi connectivity index (χ2v) is 7.75. The van der Waals surface area contributed by atoms with Crippen molar-refractivity contribution >= 4 is 48.0 Å². The lowest BCUT2D eigenvalue weighted by atomic mass is 9.97. The Kier molecular flexibility index (Phi) is 10.6. The van der Waals surface area contributed by atoms with Crippen molar-refractivity contribution in [1.29, 1.82) is 0 Å². The smallest absolute Gasteiger partial charge is 0.271 e. The number of nitrogens with two attached hydrogens (primary N) is 2. The van der Waals surface area contributed by atoms with Gasteiger partial charge in [0, 0.05) is 31.6 Å². The van der Waals surface area contributed by atoms with E-state index >= 15 is 0 Å². The molecule has 0 radical (unpaired) electrons. The number of hydrogen-bond acceptors (Lipinski definition) is 6. The monoisotopic (exact) mass is 459 g/mol. The molecule has 0 spiro atoms. The highest BCUT2D eigenvalue weighted by Gasteiger charge is 2.23. The summed E-state index contributed by atoms with van der Waals surface area (Å²) < 4.78 is 0. The molecule has 2 aromatic rings. The van der Waals surface area contributed by atoms with E-state index < -0.39 is 0 Å². The minimum atomic E-state index is -0.212. The molecule has 5 N–H and O–H groups in total. The topological polar surface area (TPSA) is 114 Å². The highest BCUT2D eigenvalue weighted by molar-refractivity contribution is 7.09. The van der Waals surface area contributed by atoms with E-state index in [9.17, 15) is 9.59 Å². The first-order valence-electron chi connectivity index (χ1n) is 9.07. The molecule has 0 bridgehead atoms. The van der Waals surface area contributed by atoms with Crippen molar-refractivity contribution in [2.24, 2.45) is 17.4 Å². The van der Waals surface area contributed by atoms with Crippen LogP contribution in [0.4, 0.5) is 0 Å². The van der Waals surface area contributed by atoms with E-state index in [1.165, 1.54) is 11.3 Å². The Morgan fingerprint density at radius 1 is 1.28 bits per heavy atom. The first kappa shape index (κ1) is 25.3. The van der Waals surface area contributed by atoms with Crippen molar-refractivity contribution in [1.82, 2.24) is 15.2 Å². The highest BCUT2D eigenvalue weighted by Crippen LogP contribution is 2.19. The standard InChI is InChI=1S/C19H25N5O2S.2ClH/c20-8-17-23-16(12-27-17)19(26)22-9-13-3-1-4-14(7-13)10-24-6-2-5-15(11-24)18(21)25;;/h1,3-4,7,12,15H,2,5-6,8-11,20H2,(H2,21,25)(H,22,26);2*1H. The zero-order valence-electron chi connectivity index (χ0n) is 16.0. The molecular formula is C19H27Cl2N5O2S. The van der Waals surface area contributed by atoms with Gasteiger partial charge in [0.1, 0.15) is 10.7 Å². The largest absolute Gasteiger partial charge is 0.369 e. The molecule has 1 fully saturated rings. The Bertz CT molecular complexity index is 817. The van der Waals surface area contributed by atoms with Gasteiger partial charge >= 0.3 is 0 Å². The van der Waals surface area contributed by atoms with E-state index in [1.807, 2.05) is 12.1 Å². The lowest BCUT2D eigenvalue weighted by Gasteiger charge is -2.31. The van der Waals surface area contributed by atoms with Crippen LogP contribution in [-0.4, -0.2) is 34.8 Å². The van der Waals surface area contributed by atoms with Gasteiger partial charge in [-0.2, -0.15) is 0 Å². The predicted molar refractivity (Wildman–Crippen MR) is 119 cm³/mol. The Hall–Kier alpha value is -1.71. The molecule has 1 aromatic heterocycles. The molecule has 2 heterocycles. The number of piperidine rings is 1. The summed E-state index contributed by atoms with van der Waals surface area (Å²) in [7, 11) is 0. The van der Waals surface area contributed by atoms with E-state index in [2.05, 4.69) is 27.3 Å². The summed E-state index contributed by atoms with van der Waals surface area (Å²) in [4.78, 5) is 30.1. The van der Waals surface area contributed by atoms with Crippen molar-refractivity contribution in [2.45, 2.75) is 32.5 Å². The van der Waals surface area contributed by atoms with Crippen LogP contribution < -0.4 is 16.8 Å². The van der Waals surface area contributed by atoms with Crippen LogP contribution in [0.5, 0.6) is 0 Å². The highest BCUT2D eigenvalue weighted by atomic mass is 35.5. The lowest BCUT2D eigenvalue weighted by molar-refractivity contribution is -0.123. The predicted octanol–water partition coefficient (Wildman–Crippen LogP) is 2.07. The molecule has 1 aliphatic rings. The summed E-state index contributed by atoms with van der Waals surface area (Å²) in [5.74, 6) is -0.467. The number of likely N-dealkylation sites (tertiary alicyclic amines) is 1. The second-order valence-electron chi connectivity index (χ2n) is 6.81. The molecule has 1 atom stereocenters. The van der Waals surface area contributed by atoms with Gasteiger partial charge in [-0.1, -0.05) is 24.3 Å². The number of halogens is 2. The maximum atomic E-state index is 12.2. The number of carbonyl (C=O) groups excluding carboxylic acids is 2. The van der Waals surface area contributed by atoms with Crippen molar-refractivity contribution < 1.29 is 9.59 Å². The fourth-order valence-corrected chi connectivity index (χ4v) is 3.96. The van der Waals surface area contributed by atoms with Crippen LogP contribution >= 0.6 is 36.2 Å². The van der Waals surface area contributed by atoms with Crippen LogP contribution in [0.1, 0.15) is 39.5 Å². The van der Waals surface area contributed by atoms with Crippen LogP contribution in [0.2, 0.25) is 0 Å². The summed E-state index contributed by atoms with van der Waals surface area (Å²) in [6, 6.07) is 8.12. The Balaban J connectivity index is 0.00000210. The number of benzene rings is 1. The van der Waals surface area contributed by atoms with Gasteiger partial charge in [0.2, 0.25) is 5.91 Å². The van der Waals surface area contributed by atoms with Gasteiger partial charge in [-0.05, 0) is 30.5 Å². The Morgan fingerprint density at radius 3 is 2.72 bits per heavy atom. The van der Waals surface area contributed by atoms with Gasteiger partial charge in [-0.3, -0.25) is 14.5 Å². The third kappa shape index (κ3) is 7.24. The Morgan fingerprint density at radius 2 is 2.03 bits per heavy atom. The van der Waals surface area contributed by atoms with E-state index in [-0.39, 0.29) is 42.5 Å². The van der Waals surface area contributed by atoms with Gasteiger partial charge in [0.15, 0.2) is 0 Å². The van der Waals surface area contributed by atoms with Gasteiger partial charge in [0.05, 0.1) is 5.92 Å². The number of nitrogens with zero attached hydrogens (tertiary/aromatic N) is 2. The first-order valence-corrected chi connectivity index (χ1v) is 9.95. The maximum Gasteiger partial charge on any atom is 0.271 e. The van der Waals surface area contributed by atoms with Crippen LogP contribution in [0.25, 0.3) is 0 Å². The molecule has 2 amide bonds. The van der Waals surface area contributed by atoms with E-state index in [0.29, 0.717) is 25.3 Å². The van der Waals surface area contributed by atoms with Crippen molar-refractivity contribution in [2.75, 3.05) is 13.1 Å². The van der Waals surface area contributed by atoms with E-state index in [1.54, 1.807) is 5.38 Å². The average Bonchev–Trinajstić information content (AvgIpc) is 3.16. The third-order valence-electron chi connectivity index (χ3n) is 4.72. The third-order valence-corrected chi connectivity index (χ3v) is 5.59. The van der Waals surface area contributed by atoms with Gasteiger partial charge in [0.25, 0.3) is 5.91 Å². The molecule has 160 valence electrons. The molecule has 29 heavy (non-hydrogen) atoms. The van der Waals surface area contributed by atoms with Crippen molar-refractivity contribution in [3.63, 3.8) is 0 Å². The minimum Gasteiger partial charge on any atom is -0.369 e. The number of primary amides is 1. The summed E-state index contributed by atoms with van der Waals surface area (Å²) >= 11 is 1.39. The molecule has 1 aliphatic heterocycles. The minimum absolute atomic E-state index is 0. The fraction of sp³-hybridized carbons (Fsp3) is 0.421. The summed E-state index contributed by atoms with van der Waals surface area (Å²) in [6.45, 7) is 3.23. The van der Waals surface area contributed by atoms with E-state index in [4.69, 9.17) is 11.5 Å². The van der Waals surface area contributed by atoms with Crippen LogP contribution in [-0.2, 0) is 24.4 Å². The van der Waals surface area contributed by atoms with Crippen LogP contribution in [0.15, 0.2) is 29.6 Å². The lowest BCUT2D eigenvalue weighted by Crippen LogP contribution is -2.40. The molecule has 1 aromatic carbocycles. The fourth-order valence-electron chi connectivity index (χ4n) is 3.31. The van der Waals surface area contributed by atoms with Gasteiger partial charge < -0.3 is 16.8 Å². The number of rotatable bonds is 7. The number of amides is 2. The molecule has 0 saturated carbocycles. The average molecular weight is 460 g/mol. The summed E-state index contributed by atoms with van der Waals surface area (Å²) in [6.07, 6.45) is 1.86. The molecular weight excluding hydrogens is 433 g/mol. The molecule has 1 unspecified atom stereocenters. The molecule has 1 saturated heterocycles. The summed E-state index contributed by atoms with van der Waals surface area (Å²) in [5.41, 5.74) is 13.6. The molecule has 10 heteroatoms. The Labute approximate surface area is 187 Å². The summed E-state index contributed by atoms with van der Waals surface area (Å²) in [5, 5.41) is 5.36. The first-order chi connectivity index (χ1) is 13.0. The zero-order chi connectivity index (χ0) is 19.2. The zero-order valence-corrected chi connectivity index (χ0v) is 18.5.